The van der Waals surface area contributed by atoms with Gasteiger partial charge in [0.05, 0.1) is 32.1 Å². The highest BCUT2D eigenvalue weighted by atomic mass is 16.5. The molecule has 0 aliphatic heterocycles. The molecule has 0 saturated carbocycles. The van der Waals surface area contributed by atoms with Crippen molar-refractivity contribution in [2.75, 3.05) is 26.3 Å². The number of rotatable bonds is 9. The molecule has 1 aliphatic rings. The van der Waals surface area contributed by atoms with Crippen molar-refractivity contribution in [2.45, 2.75) is 32.4 Å². The number of hydrogen-bond donors (Lipinski definition) is 2. The SMILES string of the molecule is CC1CC=CCC1COCC(O)CNCCn1ccnn1. The van der Waals surface area contributed by atoms with Crippen molar-refractivity contribution in [3.05, 3.63) is 24.5 Å². The van der Waals surface area contributed by atoms with Crippen LogP contribution in [0, 0.1) is 11.8 Å². The third-order valence-electron chi connectivity index (χ3n) is 3.93. The summed E-state index contributed by atoms with van der Waals surface area (Å²) in [6, 6.07) is 0. The summed E-state index contributed by atoms with van der Waals surface area (Å²) in [5, 5.41) is 20.7. The lowest BCUT2D eigenvalue weighted by molar-refractivity contribution is 0.0128. The Hall–Kier alpha value is -1.24. The fourth-order valence-electron chi connectivity index (χ4n) is 2.47. The molecule has 1 heterocycles. The van der Waals surface area contributed by atoms with Gasteiger partial charge in [-0.3, -0.25) is 4.68 Å². The molecule has 3 unspecified atom stereocenters. The minimum atomic E-state index is -0.463. The molecule has 0 amide bonds. The average molecular weight is 294 g/mol. The van der Waals surface area contributed by atoms with Crippen LogP contribution in [-0.2, 0) is 11.3 Å². The Balaban J connectivity index is 1.49. The number of hydrogen-bond acceptors (Lipinski definition) is 5. The van der Waals surface area contributed by atoms with Gasteiger partial charge in [-0.15, -0.1) is 5.10 Å². The molecule has 3 atom stereocenters. The fourth-order valence-corrected chi connectivity index (χ4v) is 2.47. The average Bonchev–Trinajstić information content (AvgIpc) is 2.99. The second-order valence-electron chi connectivity index (χ2n) is 5.74. The molecule has 0 radical (unpaired) electrons. The summed E-state index contributed by atoms with van der Waals surface area (Å²) in [5.74, 6) is 1.26. The molecule has 2 N–H and O–H groups in total. The van der Waals surface area contributed by atoms with Crippen LogP contribution in [0.15, 0.2) is 24.5 Å². The molecule has 6 heteroatoms. The van der Waals surface area contributed by atoms with Gasteiger partial charge >= 0.3 is 0 Å². The van der Waals surface area contributed by atoms with Gasteiger partial charge in [0.1, 0.15) is 0 Å². The number of aliphatic hydroxyl groups is 1. The van der Waals surface area contributed by atoms with Crippen molar-refractivity contribution >= 4 is 0 Å². The molecule has 1 aromatic rings. The predicted octanol–water partition coefficient (Wildman–Crippen LogP) is 0.847. The van der Waals surface area contributed by atoms with Gasteiger partial charge in [-0.2, -0.15) is 0 Å². The summed E-state index contributed by atoms with van der Waals surface area (Å²) >= 11 is 0. The molecule has 1 aromatic heterocycles. The van der Waals surface area contributed by atoms with Crippen molar-refractivity contribution in [3.63, 3.8) is 0 Å². The Bertz CT molecular complexity index is 408. The molecule has 2 rings (SSSR count). The highest BCUT2D eigenvalue weighted by Crippen LogP contribution is 2.24. The van der Waals surface area contributed by atoms with E-state index in [1.807, 2.05) is 6.20 Å². The minimum absolute atomic E-state index is 0.392. The summed E-state index contributed by atoms with van der Waals surface area (Å²) in [6.07, 6.45) is 9.72. The molecule has 0 aromatic carbocycles. The number of ether oxygens (including phenoxy) is 1. The Labute approximate surface area is 126 Å². The standard InChI is InChI=1S/C15H26N4O2/c1-13-4-2-3-5-14(13)11-21-12-15(20)10-16-6-8-19-9-7-17-18-19/h2-3,7,9,13-16,20H,4-6,8,10-12H2,1H3. The third-order valence-corrected chi connectivity index (χ3v) is 3.93. The lowest BCUT2D eigenvalue weighted by Gasteiger charge is -2.25. The van der Waals surface area contributed by atoms with Crippen LogP contribution in [0.1, 0.15) is 19.8 Å². The maximum atomic E-state index is 9.87. The second kappa shape index (κ2) is 8.92. The normalized spacial score (nSPS) is 23.3. The van der Waals surface area contributed by atoms with E-state index in [2.05, 4.69) is 34.7 Å². The van der Waals surface area contributed by atoms with Gasteiger partial charge in [0.15, 0.2) is 0 Å². The quantitative estimate of drug-likeness (QED) is 0.522. The number of allylic oxidation sites excluding steroid dienone is 2. The smallest absolute Gasteiger partial charge is 0.0897 e. The van der Waals surface area contributed by atoms with Crippen molar-refractivity contribution in [3.8, 4) is 0 Å². The van der Waals surface area contributed by atoms with Gasteiger partial charge in [-0.25, -0.2) is 0 Å². The van der Waals surface area contributed by atoms with E-state index in [4.69, 9.17) is 4.74 Å². The lowest BCUT2D eigenvalue weighted by atomic mass is 9.85. The summed E-state index contributed by atoms with van der Waals surface area (Å²) in [5.41, 5.74) is 0. The number of aliphatic hydroxyl groups excluding tert-OH is 1. The van der Waals surface area contributed by atoms with E-state index in [1.54, 1.807) is 10.9 Å². The molecule has 0 spiro atoms. The van der Waals surface area contributed by atoms with Crippen molar-refractivity contribution in [1.82, 2.24) is 20.3 Å². The van der Waals surface area contributed by atoms with Crippen LogP contribution < -0.4 is 5.32 Å². The molecule has 6 nitrogen and oxygen atoms in total. The minimum Gasteiger partial charge on any atom is -0.389 e. The number of nitrogens with one attached hydrogen (secondary N) is 1. The molecule has 0 bridgehead atoms. The zero-order chi connectivity index (χ0) is 14.9. The monoisotopic (exact) mass is 294 g/mol. The highest BCUT2D eigenvalue weighted by molar-refractivity contribution is 4.93. The zero-order valence-corrected chi connectivity index (χ0v) is 12.7. The Morgan fingerprint density at radius 1 is 1.43 bits per heavy atom. The molecular weight excluding hydrogens is 268 g/mol. The fraction of sp³-hybridized carbons (Fsp3) is 0.733. The summed E-state index contributed by atoms with van der Waals surface area (Å²) in [7, 11) is 0. The Kier molecular flexibility index (Phi) is 6.85. The van der Waals surface area contributed by atoms with E-state index in [9.17, 15) is 5.11 Å². The molecule has 21 heavy (non-hydrogen) atoms. The molecular formula is C15H26N4O2. The molecule has 118 valence electrons. The van der Waals surface area contributed by atoms with Crippen molar-refractivity contribution in [2.24, 2.45) is 11.8 Å². The lowest BCUT2D eigenvalue weighted by Crippen LogP contribution is -2.33. The van der Waals surface area contributed by atoms with Crippen molar-refractivity contribution < 1.29 is 9.84 Å². The van der Waals surface area contributed by atoms with Gasteiger partial charge in [0.2, 0.25) is 0 Å². The summed E-state index contributed by atoms with van der Waals surface area (Å²) < 4.78 is 7.41. The molecule has 0 fully saturated rings. The van der Waals surface area contributed by atoms with Crippen LogP contribution in [-0.4, -0.2) is 52.5 Å². The third kappa shape index (κ3) is 5.95. The first-order chi connectivity index (χ1) is 10.3. The molecule has 1 aliphatic carbocycles. The second-order valence-corrected chi connectivity index (χ2v) is 5.74. The zero-order valence-electron chi connectivity index (χ0n) is 12.7. The van der Waals surface area contributed by atoms with E-state index in [0.29, 0.717) is 25.0 Å². The van der Waals surface area contributed by atoms with Crippen LogP contribution in [0.2, 0.25) is 0 Å². The topological polar surface area (TPSA) is 72.2 Å². The largest absolute Gasteiger partial charge is 0.389 e. The van der Waals surface area contributed by atoms with Crippen LogP contribution >= 0.6 is 0 Å². The Morgan fingerprint density at radius 2 is 2.29 bits per heavy atom. The highest BCUT2D eigenvalue weighted by Gasteiger charge is 2.18. The first kappa shape index (κ1) is 16.1. The van der Waals surface area contributed by atoms with Crippen LogP contribution in [0.25, 0.3) is 0 Å². The number of nitrogens with zero attached hydrogens (tertiary/aromatic N) is 3. The Morgan fingerprint density at radius 3 is 3.05 bits per heavy atom. The maximum absolute atomic E-state index is 9.87. The van der Waals surface area contributed by atoms with Gasteiger partial charge in [-0.1, -0.05) is 24.3 Å². The first-order valence-electron chi connectivity index (χ1n) is 7.71. The van der Waals surface area contributed by atoms with E-state index < -0.39 is 6.10 Å². The van der Waals surface area contributed by atoms with E-state index in [-0.39, 0.29) is 0 Å². The van der Waals surface area contributed by atoms with E-state index >= 15 is 0 Å². The predicted molar refractivity (Wildman–Crippen MR) is 80.7 cm³/mol. The summed E-state index contributed by atoms with van der Waals surface area (Å²) in [6.45, 7) is 5.43. The first-order valence-corrected chi connectivity index (χ1v) is 7.71. The van der Waals surface area contributed by atoms with Crippen LogP contribution in [0.4, 0.5) is 0 Å². The van der Waals surface area contributed by atoms with Crippen LogP contribution in [0.3, 0.4) is 0 Å². The van der Waals surface area contributed by atoms with E-state index in [1.165, 1.54) is 0 Å². The van der Waals surface area contributed by atoms with Crippen molar-refractivity contribution in [1.29, 1.82) is 0 Å². The van der Waals surface area contributed by atoms with Gasteiger partial charge in [-0.05, 0) is 24.7 Å². The maximum Gasteiger partial charge on any atom is 0.0897 e. The van der Waals surface area contributed by atoms with Gasteiger partial charge < -0.3 is 15.2 Å². The van der Waals surface area contributed by atoms with Gasteiger partial charge in [0, 0.05) is 19.3 Å². The summed E-state index contributed by atoms with van der Waals surface area (Å²) in [4.78, 5) is 0. The van der Waals surface area contributed by atoms with Gasteiger partial charge in [0.25, 0.3) is 0 Å². The number of aromatic nitrogens is 3. The molecule has 0 saturated heterocycles. The van der Waals surface area contributed by atoms with E-state index in [0.717, 1.165) is 32.5 Å². The van der Waals surface area contributed by atoms with Crippen LogP contribution in [0.5, 0.6) is 0 Å².